The van der Waals surface area contributed by atoms with Gasteiger partial charge in [0.25, 0.3) is 0 Å². The first-order chi connectivity index (χ1) is 13.0. The number of nitrogens with one attached hydrogen (secondary N) is 1. The molecule has 146 valence electrons. The fourth-order valence-corrected chi connectivity index (χ4v) is 3.19. The van der Waals surface area contributed by atoms with Gasteiger partial charge in [0.15, 0.2) is 5.82 Å². The molecule has 9 nitrogen and oxygen atoms in total. The number of amides is 2. The van der Waals surface area contributed by atoms with Gasteiger partial charge >= 0.3 is 0 Å². The van der Waals surface area contributed by atoms with Gasteiger partial charge in [-0.15, -0.1) is 0 Å². The van der Waals surface area contributed by atoms with Gasteiger partial charge in [-0.05, 0) is 26.0 Å². The number of carbonyl (C=O) groups excluding carboxylic acids is 2. The summed E-state index contributed by atoms with van der Waals surface area (Å²) in [5, 5.41) is 6.69. The monoisotopic (exact) mass is 375 g/mol. The summed E-state index contributed by atoms with van der Waals surface area (Å²) < 4.78 is 10.6. The van der Waals surface area contributed by atoms with Crippen LogP contribution in [0, 0.1) is 13.8 Å². The molecule has 2 amide bonds. The van der Waals surface area contributed by atoms with Crippen molar-refractivity contribution in [1.29, 1.82) is 0 Å². The van der Waals surface area contributed by atoms with E-state index in [-0.39, 0.29) is 24.8 Å². The molecular formula is C18H25N5O4. The first-order valence-corrected chi connectivity index (χ1v) is 9.10. The molecular weight excluding hydrogens is 350 g/mol. The third kappa shape index (κ3) is 4.73. The SMILES string of the molecule is CCN(Cc1noc(C)n1)C(=O)CC1C(=O)NCCN1Cc1ccc(C)o1. The molecule has 1 N–H and O–H groups in total. The summed E-state index contributed by atoms with van der Waals surface area (Å²) in [6, 6.07) is 3.26. The third-order valence-electron chi connectivity index (χ3n) is 4.60. The van der Waals surface area contributed by atoms with E-state index in [4.69, 9.17) is 8.94 Å². The lowest BCUT2D eigenvalue weighted by molar-refractivity contribution is -0.139. The van der Waals surface area contributed by atoms with Crippen molar-refractivity contribution in [2.75, 3.05) is 19.6 Å². The average Bonchev–Trinajstić information content (AvgIpc) is 3.23. The highest BCUT2D eigenvalue weighted by Gasteiger charge is 2.33. The van der Waals surface area contributed by atoms with Gasteiger partial charge in [-0.1, -0.05) is 5.16 Å². The number of furan rings is 1. The number of hydrogen-bond donors (Lipinski definition) is 1. The maximum atomic E-state index is 12.8. The predicted octanol–water partition coefficient (Wildman–Crippen LogP) is 1.02. The van der Waals surface area contributed by atoms with Crippen LogP contribution in [0.5, 0.6) is 0 Å². The predicted molar refractivity (Wildman–Crippen MR) is 95.4 cm³/mol. The Bertz CT molecular complexity index is 799. The van der Waals surface area contributed by atoms with Crippen LogP contribution in [-0.2, 0) is 22.7 Å². The lowest BCUT2D eigenvalue weighted by Crippen LogP contribution is -2.56. The Morgan fingerprint density at radius 2 is 2.22 bits per heavy atom. The summed E-state index contributed by atoms with van der Waals surface area (Å²) in [6.45, 7) is 7.95. The Hall–Kier alpha value is -2.68. The Kier molecular flexibility index (Phi) is 5.90. The van der Waals surface area contributed by atoms with Crippen molar-refractivity contribution in [3.05, 3.63) is 35.4 Å². The normalized spacial score (nSPS) is 17.7. The van der Waals surface area contributed by atoms with Crippen molar-refractivity contribution in [2.45, 2.75) is 46.3 Å². The Balaban J connectivity index is 1.67. The molecule has 1 aliphatic heterocycles. The van der Waals surface area contributed by atoms with Gasteiger partial charge in [0, 0.05) is 26.6 Å². The van der Waals surface area contributed by atoms with Crippen LogP contribution in [-0.4, -0.2) is 57.4 Å². The summed E-state index contributed by atoms with van der Waals surface area (Å²) in [4.78, 5) is 33.0. The van der Waals surface area contributed by atoms with E-state index in [9.17, 15) is 9.59 Å². The van der Waals surface area contributed by atoms with Crippen LogP contribution < -0.4 is 5.32 Å². The van der Waals surface area contributed by atoms with Crippen molar-refractivity contribution < 1.29 is 18.5 Å². The minimum atomic E-state index is -0.530. The molecule has 2 aromatic rings. The Morgan fingerprint density at radius 1 is 1.41 bits per heavy atom. The number of carbonyl (C=O) groups is 2. The van der Waals surface area contributed by atoms with Gasteiger partial charge in [0.05, 0.1) is 25.6 Å². The second-order valence-corrected chi connectivity index (χ2v) is 6.63. The molecule has 1 aliphatic rings. The van der Waals surface area contributed by atoms with Crippen molar-refractivity contribution in [3.63, 3.8) is 0 Å². The van der Waals surface area contributed by atoms with Crippen LogP contribution in [0.4, 0.5) is 0 Å². The largest absolute Gasteiger partial charge is 0.465 e. The molecule has 3 rings (SSSR count). The van der Waals surface area contributed by atoms with Crippen LogP contribution in [0.3, 0.4) is 0 Å². The number of piperazine rings is 1. The molecule has 0 aromatic carbocycles. The molecule has 27 heavy (non-hydrogen) atoms. The van der Waals surface area contributed by atoms with Crippen LogP contribution in [0.25, 0.3) is 0 Å². The van der Waals surface area contributed by atoms with Crippen LogP contribution in [0.15, 0.2) is 21.1 Å². The molecule has 0 bridgehead atoms. The smallest absolute Gasteiger partial charge is 0.237 e. The number of hydrogen-bond acceptors (Lipinski definition) is 7. The summed E-state index contributed by atoms with van der Waals surface area (Å²) in [7, 11) is 0. The fourth-order valence-electron chi connectivity index (χ4n) is 3.19. The first-order valence-electron chi connectivity index (χ1n) is 9.10. The van der Waals surface area contributed by atoms with Crippen molar-refractivity contribution in [1.82, 2.24) is 25.3 Å². The minimum Gasteiger partial charge on any atom is -0.465 e. The average molecular weight is 375 g/mol. The Labute approximate surface area is 157 Å². The van der Waals surface area contributed by atoms with E-state index >= 15 is 0 Å². The highest BCUT2D eigenvalue weighted by atomic mass is 16.5. The molecule has 1 fully saturated rings. The standard InChI is InChI=1S/C18H25N5O4/c1-4-22(11-16-20-13(3)27-21-16)17(24)9-15-18(25)19-7-8-23(15)10-14-6-5-12(2)26-14/h5-6,15H,4,7-11H2,1-3H3,(H,19,25). The van der Waals surface area contributed by atoms with Gasteiger partial charge in [0.2, 0.25) is 17.7 Å². The molecule has 1 atom stereocenters. The molecule has 9 heteroatoms. The highest BCUT2D eigenvalue weighted by molar-refractivity contribution is 5.88. The van der Waals surface area contributed by atoms with Crippen molar-refractivity contribution >= 4 is 11.8 Å². The minimum absolute atomic E-state index is 0.0935. The molecule has 0 radical (unpaired) electrons. The third-order valence-corrected chi connectivity index (χ3v) is 4.60. The van der Waals surface area contributed by atoms with E-state index in [0.717, 1.165) is 11.5 Å². The van der Waals surface area contributed by atoms with Crippen molar-refractivity contribution in [2.24, 2.45) is 0 Å². The summed E-state index contributed by atoms with van der Waals surface area (Å²) in [6.07, 6.45) is 0.0935. The molecule has 3 heterocycles. The van der Waals surface area contributed by atoms with Crippen LogP contribution >= 0.6 is 0 Å². The molecule has 0 spiro atoms. The van der Waals surface area contributed by atoms with Gasteiger partial charge in [-0.2, -0.15) is 4.98 Å². The topological polar surface area (TPSA) is 105 Å². The quantitative estimate of drug-likeness (QED) is 0.770. The van der Waals surface area contributed by atoms with E-state index in [1.807, 2.05) is 30.9 Å². The lowest BCUT2D eigenvalue weighted by Gasteiger charge is -2.35. The number of nitrogens with zero attached hydrogens (tertiary/aromatic N) is 4. The molecule has 2 aromatic heterocycles. The number of aromatic nitrogens is 2. The highest BCUT2D eigenvalue weighted by Crippen LogP contribution is 2.17. The molecule has 0 saturated carbocycles. The summed E-state index contributed by atoms with van der Waals surface area (Å²) in [5.74, 6) is 2.27. The number of aryl methyl sites for hydroxylation is 2. The van der Waals surface area contributed by atoms with Gasteiger partial charge in [-0.3, -0.25) is 14.5 Å². The zero-order valence-corrected chi connectivity index (χ0v) is 15.9. The van der Waals surface area contributed by atoms with E-state index < -0.39 is 6.04 Å². The number of rotatable bonds is 7. The zero-order valence-electron chi connectivity index (χ0n) is 15.9. The molecule has 1 saturated heterocycles. The van der Waals surface area contributed by atoms with E-state index in [1.54, 1.807) is 11.8 Å². The van der Waals surface area contributed by atoms with Gasteiger partial charge in [-0.25, -0.2) is 0 Å². The van der Waals surface area contributed by atoms with Gasteiger partial charge < -0.3 is 19.2 Å². The van der Waals surface area contributed by atoms with E-state index in [0.29, 0.717) is 37.9 Å². The van der Waals surface area contributed by atoms with Crippen LogP contribution in [0.1, 0.15) is 36.6 Å². The summed E-state index contributed by atoms with van der Waals surface area (Å²) in [5.41, 5.74) is 0. The second kappa shape index (κ2) is 8.34. The van der Waals surface area contributed by atoms with Gasteiger partial charge in [0.1, 0.15) is 11.5 Å². The maximum absolute atomic E-state index is 12.8. The van der Waals surface area contributed by atoms with Crippen molar-refractivity contribution in [3.8, 4) is 0 Å². The van der Waals surface area contributed by atoms with E-state index in [1.165, 1.54) is 0 Å². The maximum Gasteiger partial charge on any atom is 0.237 e. The summed E-state index contributed by atoms with van der Waals surface area (Å²) >= 11 is 0. The first kappa shape index (κ1) is 19.1. The molecule has 0 aliphatic carbocycles. The van der Waals surface area contributed by atoms with E-state index in [2.05, 4.69) is 15.5 Å². The lowest BCUT2D eigenvalue weighted by atomic mass is 10.1. The Morgan fingerprint density at radius 3 is 2.85 bits per heavy atom. The molecule has 1 unspecified atom stereocenters. The second-order valence-electron chi connectivity index (χ2n) is 6.63. The zero-order chi connectivity index (χ0) is 19.4. The fraction of sp³-hybridized carbons (Fsp3) is 0.556. The van der Waals surface area contributed by atoms with Crippen LogP contribution in [0.2, 0.25) is 0 Å².